The van der Waals surface area contributed by atoms with Crippen LogP contribution in [-0.4, -0.2) is 73.6 Å². The van der Waals surface area contributed by atoms with E-state index in [-0.39, 0.29) is 17.7 Å². The lowest BCUT2D eigenvalue weighted by Gasteiger charge is -2.33. The largest absolute Gasteiger partial charge is 0.379 e. The van der Waals surface area contributed by atoms with Crippen LogP contribution in [0.15, 0.2) is 0 Å². The molecule has 0 bridgehead atoms. The second-order valence-corrected chi connectivity index (χ2v) is 8.67. The smallest absolute Gasteiger partial charge is 0.224 e. The number of rotatable bonds is 10. The molecule has 2 saturated heterocycles. The average Bonchev–Trinajstić information content (AvgIpc) is 2.71. The van der Waals surface area contributed by atoms with Crippen LogP contribution in [0.3, 0.4) is 0 Å². The molecule has 28 heavy (non-hydrogen) atoms. The fourth-order valence-electron chi connectivity index (χ4n) is 4.37. The summed E-state index contributed by atoms with van der Waals surface area (Å²) in [7, 11) is 0. The van der Waals surface area contributed by atoms with Crippen LogP contribution < -0.4 is 5.32 Å². The van der Waals surface area contributed by atoms with Crippen molar-refractivity contribution in [1.29, 1.82) is 0 Å². The molecule has 2 aliphatic rings. The molecule has 6 heteroatoms. The van der Waals surface area contributed by atoms with Gasteiger partial charge in [0.2, 0.25) is 11.8 Å². The zero-order valence-electron chi connectivity index (χ0n) is 18.3. The first-order valence-electron chi connectivity index (χ1n) is 11.4. The molecule has 0 saturated carbocycles. The third kappa shape index (κ3) is 7.70. The average molecular weight is 396 g/mol. The first-order valence-corrected chi connectivity index (χ1v) is 11.4. The van der Waals surface area contributed by atoms with Crippen molar-refractivity contribution < 1.29 is 14.3 Å². The maximum Gasteiger partial charge on any atom is 0.224 e. The molecule has 2 amide bonds. The molecule has 0 aromatic carbocycles. The maximum atomic E-state index is 12.3. The van der Waals surface area contributed by atoms with Crippen molar-refractivity contribution in [1.82, 2.24) is 15.1 Å². The summed E-state index contributed by atoms with van der Waals surface area (Å²) in [5.41, 5.74) is 0. The number of carbonyl (C=O) groups is 2. The van der Waals surface area contributed by atoms with E-state index in [9.17, 15) is 9.59 Å². The molecule has 2 aliphatic heterocycles. The number of hydrogen-bond acceptors (Lipinski definition) is 4. The van der Waals surface area contributed by atoms with E-state index in [1.165, 1.54) is 12.8 Å². The Morgan fingerprint density at radius 3 is 2.32 bits per heavy atom. The first-order chi connectivity index (χ1) is 13.5. The SMILES string of the molecule is CCCC1CCN(C(=O)CCOCCNC(=O)C2CCN(C(C)C)CC2)CC1. The highest BCUT2D eigenvalue weighted by molar-refractivity contribution is 5.78. The zero-order chi connectivity index (χ0) is 20.4. The summed E-state index contributed by atoms with van der Waals surface area (Å²) in [6.45, 7) is 11.9. The monoisotopic (exact) mass is 395 g/mol. The van der Waals surface area contributed by atoms with Gasteiger partial charge in [-0.05, 0) is 58.5 Å². The second-order valence-electron chi connectivity index (χ2n) is 8.67. The number of nitrogens with zero attached hydrogens (tertiary/aromatic N) is 2. The van der Waals surface area contributed by atoms with Gasteiger partial charge in [0, 0.05) is 31.6 Å². The zero-order valence-corrected chi connectivity index (χ0v) is 18.3. The predicted octanol–water partition coefficient (Wildman–Crippen LogP) is 2.67. The molecular weight excluding hydrogens is 354 g/mol. The van der Waals surface area contributed by atoms with E-state index in [1.54, 1.807) is 0 Å². The van der Waals surface area contributed by atoms with Gasteiger partial charge in [0.1, 0.15) is 0 Å². The summed E-state index contributed by atoms with van der Waals surface area (Å²) in [5, 5.41) is 2.99. The quantitative estimate of drug-likeness (QED) is 0.578. The highest BCUT2D eigenvalue weighted by Gasteiger charge is 2.25. The minimum absolute atomic E-state index is 0.132. The summed E-state index contributed by atoms with van der Waals surface area (Å²) in [4.78, 5) is 28.9. The number of likely N-dealkylation sites (tertiary alicyclic amines) is 2. The topological polar surface area (TPSA) is 61.9 Å². The van der Waals surface area contributed by atoms with Crippen molar-refractivity contribution in [2.75, 3.05) is 45.9 Å². The summed E-state index contributed by atoms with van der Waals surface area (Å²) in [6.07, 6.45) is 7.13. The van der Waals surface area contributed by atoms with Crippen LogP contribution >= 0.6 is 0 Å². The van der Waals surface area contributed by atoms with Crippen LogP contribution in [0, 0.1) is 11.8 Å². The fourth-order valence-corrected chi connectivity index (χ4v) is 4.37. The lowest BCUT2D eigenvalue weighted by Crippen LogP contribution is -2.43. The maximum absolute atomic E-state index is 12.3. The number of nitrogens with one attached hydrogen (secondary N) is 1. The third-order valence-corrected chi connectivity index (χ3v) is 6.30. The van der Waals surface area contributed by atoms with Crippen molar-refractivity contribution in [3.05, 3.63) is 0 Å². The van der Waals surface area contributed by atoms with Gasteiger partial charge in [0.05, 0.1) is 19.6 Å². The van der Waals surface area contributed by atoms with E-state index in [2.05, 4.69) is 31.0 Å². The standard InChI is InChI=1S/C22H41N3O3/c1-4-5-19-6-12-25(13-7-19)21(26)10-16-28-17-11-23-22(27)20-8-14-24(15-9-20)18(2)3/h18-20H,4-17H2,1-3H3,(H,23,27). The Labute approximate surface area is 171 Å². The van der Waals surface area contributed by atoms with E-state index in [1.807, 2.05) is 4.90 Å². The lowest BCUT2D eigenvalue weighted by atomic mass is 9.92. The Balaban J connectivity index is 1.48. The fraction of sp³-hybridized carbons (Fsp3) is 0.909. The lowest BCUT2D eigenvalue weighted by molar-refractivity contribution is -0.134. The van der Waals surface area contributed by atoms with E-state index in [0.717, 1.165) is 57.8 Å². The number of piperidine rings is 2. The molecule has 2 fully saturated rings. The molecule has 1 N–H and O–H groups in total. The Morgan fingerprint density at radius 2 is 1.71 bits per heavy atom. The third-order valence-electron chi connectivity index (χ3n) is 6.30. The van der Waals surface area contributed by atoms with Gasteiger partial charge in [0.15, 0.2) is 0 Å². The number of amides is 2. The number of ether oxygens (including phenoxy) is 1. The minimum Gasteiger partial charge on any atom is -0.379 e. The van der Waals surface area contributed by atoms with Gasteiger partial charge >= 0.3 is 0 Å². The molecule has 0 aliphatic carbocycles. The molecular formula is C22H41N3O3. The van der Waals surface area contributed by atoms with E-state index in [4.69, 9.17) is 4.74 Å². The van der Waals surface area contributed by atoms with Crippen LogP contribution in [0.25, 0.3) is 0 Å². The van der Waals surface area contributed by atoms with E-state index in [0.29, 0.717) is 32.2 Å². The molecule has 0 spiro atoms. The summed E-state index contributed by atoms with van der Waals surface area (Å²) in [5.74, 6) is 1.28. The summed E-state index contributed by atoms with van der Waals surface area (Å²) in [6, 6.07) is 0.558. The number of hydrogen-bond donors (Lipinski definition) is 1. The highest BCUT2D eigenvalue weighted by Crippen LogP contribution is 2.22. The van der Waals surface area contributed by atoms with Crippen molar-refractivity contribution in [2.45, 2.75) is 71.8 Å². The van der Waals surface area contributed by atoms with Gasteiger partial charge in [-0.25, -0.2) is 0 Å². The first kappa shape index (κ1) is 23.1. The van der Waals surface area contributed by atoms with Crippen LogP contribution in [0.5, 0.6) is 0 Å². The predicted molar refractivity (Wildman–Crippen MR) is 112 cm³/mol. The van der Waals surface area contributed by atoms with Crippen LogP contribution in [0.1, 0.15) is 65.7 Å². The van der Waals surface area contributed by atoms with Gasteiger partial charge in [0.25, 0.3) is 0 Å². The van der Waals surface area contributed by atoms with Crippen molar-refractivity contribution in [2.24, 2.45) is 11.8 Å². The molecule has 2 heterocycles. The molecule has 0 atom stereocenters. The molecule has 0 radical (unpaired) electrons. The summed E-state index contributed by atoms with van der Waals surface area (Å²) < 4.78 is 5.57. The Kier molecular flexibility index (Phi) is 10.3. The van der Waals surface area contributed by atoms with Gasteiger partial charge in [-0.15, -0.1) is 0 Å². The molecule has 2 rings (SSSR count). The van der Waals surface area contributed by atoms with Crippen molar-refractivity contribution in [3.8, 4) is 0 Å². The number of carbonyl (C=O) groups excluding carboxylic acids is 2. The van der Waals surface area contributed by atoms with Crippen LogP contribution in [0.4, 0.5) is 0 Å². The molecule has 162 valence electrons. The highest BCUT2D eigenvalue weighted by atomic mass is 16.5. The summed E-state index contributed by atoms with van der Waals surface area (Å²) >= 11 is 0. The van der Waals surface area contributed by atoms with Gasteiger partial charge in [-0.2, -0.15) is 0 Å². The van der Waals surface area contributed by atoms with Crippen LogP contribution in [0.2, 0.25) is 0 Å². The minimum atomic E-state index is 0.132. The second kappa shape index (κ2) is 12.4. The van der Waals surface area contributed by atoms with E-state index >= 15 is 0 Å². The molecule has 0 unspecified atom stereocenters. The van der Waals surface area contributed by atoms with Gasteiger partial charge < -0.3 is 19.9 Å². The van der Waals surface area contributed by atoms with Crippen LogP contribution in [-0.2, 0) is 14.3 Å². The van der Waals surface area contributed by atoms with E-state index < -0.39 is 0 Å². The van der Waals surface area contributed by atoms with Crippen molar-refractivity contribution in [3.63, 3.8) is 0 Å². The Bertz CT molecular complexity index is 468. The Hall–Kier alpha value is -1.14. The van der Waals surface area contributed by atoms with Gasteiger partial charge in [-0.1, -0.05) is 19.8 Å². The van der Waals surface area contributed by atoms with Crippen molar-refractivity contribution >= 4 is 11.8 Å². The normalized spacial score (nSPS) is 19.9. The molecule has 0 aromatic heterocycles. The Morgan fingerprint density at radius 1 is 1.04 bits per heavy atom. The molecule has 0 aromatic rings. The molecule has 6 nitrogen and oxygen atoms in total. The van der Waals surface area contributed by atoms with Gasteiger partial charge in [-0.3, -0.25) is 9.59 Å².